The third kappa shape index (κ3) is 5.67. The largest absolute Gasteiger partial charge is 0.507 e. The standard InChI is InChI=1S/C34H35NO2/c1-6-21-37-30-19-17-29(18-20-30)35-24-25-22-28(33(2,3)26-13-9-7-10-14-26)23-31(32(25)36)34(4,5)27-15-11-8-12-16-27/h6-20,22-24,36H,1,21H2,2-5H3. The molecule has 0 aromatic heterocycles. The van der Waals surface area contributed by atoms with Gasteiger partial charge in [-0.3, -0.25) is 4.99 Å². The number of phenolic OH excluding ortho intramolecular Hbond substituents is 1. The summed E-state index contributed by atoms with van der Waals surface area (Å²) in [5.41, 5.74) is 5.11. The number of rotatable bonds is 9. The number of aromatic hydroxyl groups is 1. The molecule has 0 spiro atoms. The topological polar surface area (TPSA) is 41.8 Å². The Labute approximate surface area is 220 Å². The van der Waals surface area contributed by atoms with Crippen LogP contribution in [0.3, 0.4) is 0 Å². The SMILES string of the molecule is C=CCOc1ccc(N=Cc2cc(C(C)(C)c3ccccc3)cc(C(C)(C)c3ccccc3)c2O)cc1. The Morgan fingerprint density at radius 1 is 0.757 bits per heavy atom. The van der Waals surface area contributed by atoms with Gasteiger partial charge in [0.15, 0.2) is 0 Å². The third-order valence-electron chi connectivity index (χ3n) is 7.08. The Morgan fingerprint density at radius 2 is 1.32 bits per heavy atom. The third-order valence-corrected chi connectivity index (χ3v) is 7.08. The number of aliphatic imine (C=N–C) groups is 1. The van der Waals surface area contributed by atoms with Gasteiger partial charge < -0.3 is 9.84 Å². The lowest BCUT2D eigenvalue weighted by atomic mass is 9.72. The number of nitrogens with zero attached hydrogens (tertiary/aromatic N) is 1. The quantitative estimate of drug-likeness (QED) is 0.190. The van der Waals surface area contributed by atoms with Crippen LogP contribution in [0.5, 0.6) is 11.5 Å². The van der Waals surface area contributed by atoms with E-state index >= 15 is 0 Å². The minimum atomic E-state index is -0.416. The molecular formula is C34H35NO2. The van der Waals surface area contributed by atoms with Gasteiger partial charge in [0, 0.05) is 28.2 Å². The fraction of sp³-hybridized carbons (Fsp3) is 0.206. The highest BCUT2D eigenvalue weighted by Gasteiger charge is 2.31. The number of ether oxygens (including phenoxy) is 1. The predicted molar refractivity (Wildman–Crippen MR) is 155 cm³/mol. The van der Waals surface area contributed by atoms with Gasteiger partial charge in [-0.1, -0.05) is 107 Å². The molecule has 1 N–H and O–H groups in total. The van der Waals surface area contributed by atoms with E-state index in [1.54, 1.807) is 12.3 Å². The summed E-state index contributed by atoms with van der Waals surface area (Å²) in [6.45, 7) is 12.9. The maximum Gasteiger partial charge on any atom is 0.128 e. The summed E-state index contributed by atoms with van der Waals surface area (Å²) in [7, 11) is 0. The van der Waals surface area contributed by atoms with Crippen LogP contribution in [0, 0.1) is 0 Å². The van der Waals surface area contributed by atoms with Crippen molar-refractivity contribution in [1.29, 1.82) is 0 Å². The zero-order chi connectivity index (χ0) is 26.5. The summed E-state index contributed by atoms with van der Waals surface area (Å²) in [5.74, 6) is 1.01. The van der Waals surface area contributed by atoms with Crippen LogP contribution in [0.15, 0.2) is 115 Å². The number of hydrogen-bond acceptors (Lipinski definition) is 3. The lowest BCUT2D eigenvalue weighted by Crippen LogP contribution is -2.24. The predicted octanol–water partition coefficient (Wildman–Crippen LogP) is 8.36. The van der Waals surface area contributed by atoms with Gasteiger partial charge in [-0.05, 0) is 47.0 Å². The molecule has 0 fully saturated rings. The van der Waals surface area contributed by atoms with Crippen LogP contribution in [0.4, 0.5) is 5.69 Å². The zero-order valence-electron chi connectivity index (χ0n) is 22.1. The van der Waals surface area contributed by atoms with Crippen LogP contribution in [0.1, 0.15) is 55.5 Å². The average Bonchev–Trinajstić information content (AvgIpc) is 2.92. The lowest BCUT2D eigenvalue weighted by molar-refractivity contribution is 0.363. The zero-order valence-corrected chi connectivity index (χ0v) is 22.1. The van der Waals surface area contributed by atoms with Crippen LogP contribution in [0.2, 0.25) is 0 Å². The van der Waals surface area contributed by atoms with Crippen LogP contribution in [-0.4, -0.2) is 17.9 Å². The normalized spacial score (nSPS) is 12.0. The first-order valence-electron chi connectivity index (χ1n) is 12.6. The smallest absolute Gasteiger partial charge is 0.128 e. The number of hydrogen-bond donors (Lipinski definition) is 1. The summed E-state index contributed by atoms with van der Waals surface area (Å²) in [6.07, 6.45) is 3.47. The summed E-state index contributed by atoms with van der Waals surface area (Å²) < 4.78 is 5.57. The van der Waals surface area contributed by atoms with E-state index in [9.17, 15) is 5.11 Å². The van der Waals surface area contributed by atoms with Gasteiger partial charge in [-0.25, -0.2) is 0 Å². The highest BCUT2D eigenvalue weighted by atomic mass is 16.5. The van der Waals surface area contributed by atoms with Crippen LogP contribution >= 0.6 is 0 Å². The highest BCUT2D eigenvalue weighted by Crippen LogP contribution is 2.42. The van der Waals surface area contributed by atoms with E-state index in [2.05, 4.69) is 87.8 Å². The second-order valence-corrected chi connectivity index (χ2v) is 10.3. The van der Waals surface area contributed by atoms with Crippen molar-refractivity contribution in [2.75, 3.05) is 6.61 Å². The maximum atomic E-state index is 11.5. The van der Waals surface area contributed by atoms with E-state index in [0.717, 1.165) is 28.1 Å². The summed E-state index contributed by atoms with van der Waals surface area (Å²) in [4.78, 5) is 4.69. The van der Waals surface area contributed by atoms with E-state index in [0.29, 0.717) is 12.2 Å². The molecule has 37 heavy (non-hydrogen) atoms. The van der Waals surface area contributed by atoms with Gasteiger partial charge >= 0.3 is 0 Å². The van der Waals surface area contributed by atoms with Gasteiger partial charge in [0.1, 0.15) is 18.1 Å². The Hall–Kier alpha value is -4.11. The number of benzene rings is 4. The number of phenols is 1. The van der Waals surface area contributed by atoms with E-state index in [1.165, 1.54) is 5.56 Å². The van der Waals surface area contributed by atoms with Crippen molar-refractivity contribution in [2.45, 2.75) is 38.5 Å². The first-order chi connectivity index (χ1) is 17.7. The Kier molecular flexibility index (Phi) is 7.63. The van der Waals surface area contributed by atoms with Crippen LogP contribution < -0.4 is 4.74 Å². The van der Waals surface area contributed by atoms with Crippen LogP contribution in [0.25, 0.3) is 0 Å². The summed E-state index contributed by atoms with van der Waals surface area (Å²) >= 11 is 0. The average molecular weight is 490 g/mol. The Bertz CT molecular complexity index is 1370. The molecule has 3 heteroatoms. The first kappa shape index (κ1) is 26.0. The van der Waals surface area contributed by atoms with E-state index in [-0.39, 0.29) is 11.2 Å². The molecule has 0 saturated heterocycles. The summed E-state index contributed by atoms with van der Waals surface area (Å²) in [6, 6.07) is 32.6. The van der Waals surface area contributed by atoms with Gasteiger partial charge in [0.2, 0.25) is 0 Å². The van der Waals surface area contributed by atoms with Crippen LogP contribution in [-0.2, 0) is 10.8 Å². The molecule has 0 atom stereocenters. The van der Waals surface area contributed by atoms with Crippen molar-refractivity contribution in [3.63, 3.8) is 0 Å². The van der Waals surface area contributed by atoms with E-state index in [4.69, 9.17) is 4.74 Å². The van der Waals surface area contributed by atoms with Crippen molar-refractivity contribution >= 4 is 11.9 Å². The molecule has 0 heterocycles. The minimum Gasteiger partial charge on any atom is -0.507 e. The molecule has 4 aromatic rings. The van der Waals surface area contributed by atoms with Gasteiger partial charge in [-0.2, -0.15) is 0 Å². The van der Waals surface area contributed by atoms with Gasteiger partial charge in [0.05, 0.1) is 5.69 Å². The summed E-state index contributed by atoms with van der Waals surface area (Å²) in [5, 5.41) is 11.5. The Morgan fingerprint density at radius 3 is 1.89 bits per heavy atom. The fourth-order valence-electron chi connectivity index (χ4n) is 4.55. The van der Waals surface area contributed by atoms with Crippen molar-refractivity contribution in [3.05, 3.63) is 138 Å². The van der Waals surface area contributed by atoms with Gasteiger partial charge in [-0.15, -0.1) is 0 Å². The molecule has 0 unspecified atom stereocenters. The van der Waals surface area contributed by atoms with Crippen molar-refractivity contribution in [3.8, 4) is 11.5 Å². The molecule has 4 rings (SSSR count). The lowest BCUT2D eigenvalue weighted by Gasteiger charge is -2.32. The van der Waals surface area contributed by atoms with Gasteiger partial charge in [0.25, 0.3) is 0 Å². The molecule has 3 nitrogen and oxygen atoms in total. The molecular weight excluding hydrogens is 454 g/mol. The first-order valence-corrected chi connectivity index (χ1v) is 12.6. The molecule has 0 aliphatic heterocycles. The van der Waals surface area contributed by atoms with Crippen molar-refractivity contribution < 1.29 is 9.84 Å². The second-order valence-electron chi connectivity index (χ2n) is 10.3. The molecule has 0 aliphatic rings. The van der Waals surface area contributed by atoms with E-state index in [1.807, 2.05) is 48.5 Å². The molecule has 0 amide bonds. The molecule has 188 valence electrons. The Balaban J connectivity index is 1.81. The molecule has 4 aromatic carbocycles. The molecule has 0 aliphatic carbocycles. The maximum absolute atomic E-state index is 11.5. The highest BCUT2D eigenvalue weighted by molar-refractivity contribution is 5.87. The molecule has 0 bridgehead atoms. The van der Waals surface area contributed by atoms with Crippen molar-refractivity contribution in [1.82, 2.24) is 0 Å². The molecule has 0 radical (unpaired) electrons. The van der Waals surface area contributed by atoms with Crippen molar-refractivity contribution in [2.24, 2.45) is 4.99 Å². The van der Waals surface area contributed by atoms with E-state index < -0.39 is 5.41 Å². The monoisotopic (exact) mass is 489 g/mol. The fourth-order valence-corrected chi connectivity index (χ4v) is 4.55. The molecule has 0 saturated carbocycles. The minimum absolute atomic E-state index is 0.246. The second kappa shape index (κ2) is 10.9.